The fourth-order valence-electron chi connectivity index (χ4n) is 1.50. The van der Waals surface area contributed by atoms with E-state index in [9.17, 15) is 4.79 Å². The molecule has 0 aliphatic rings. The van der Waals surface area contributed by atoms with E-state index in [0.29, 0.717) is 6.04 Å². The van der Waals surface area contributed by atoms with E-state index >= 15 is 0 Å². The van der Waals surface area contributed by atoms with Crippen molar-refractivity contribution in [3.63, 3.8) is 0 Å². The number of aliphatic carboxylic acids is 1. The monoisotopic (exact) mass is 228 g/mol. The average molecular weight is 228 g/mol. The number of hydrogen-bond donors (Lipinski definition) is 1. The van der Waals surface area contributed by atoms with Crippen LogP contribution >= 0.6 is 11.8 Å². The molecule has 0 bridgehead atoms. The van der Waals surface area contributed by atoms with Crippen molar-refractivity contribution in [3.05, 3.63) is 12.4 Å². The maximum absolute atomic E-state index is 10.5. The van der Waals surface area contributed by atoms with Gasteiger partial charge in [0.25, 0.3) is 0 Å². The first kappa shape index (κ1) is 12.1. The van der Waals surface area contributed by atoms with Crippen LogP contribution in [0.3, 0.4) is 0 Å². The lowest BCUT2D eigenvalue weighted by atomic mass is 10.2. The molecule has 0 atom stereocenters. The minimum absolute atomic E-state index is 0.0666. The third-order valence-electron chi connectivity index (χ3n) is 2.29. The zero-order chi connectivity index (χ0) is 11.3. The Morgan fingerprint density at radius 1 is 1.60 bits per heavy atom. The Bertz CT molecular complexity index is 321. The van der Waals surface area contributed by atoms with E-state index in [1.807, 2.05) is 6.20 Å². The van der Waals surface area contributed by atoms with Gasteiger partial charge in [0.05, 0.1) is 5.75 Å². The van der Waals surface area contributed by atoms with Gasteiger partial charge >= 0.3 is 5.97 Å². The normalized spacial score (nSPS) is 10.9. The van der Waals surface area contributed by atoms with Crippen molar-refractivity contribution in [2.24, 2.45) is 0 Å². The van der Waals surface area contributed by atoms with Crippen molar-refractivity contribution in [1.82, 2.24) is 9.55 Å². The highest BCUT2D eigenvalue weighted by molar-refractivity contribution is 7.99. The van der Waals surface area contributed by atoms with Gasteiger partial charge in [0, 0.05) is 18.4 Å². The minimum Gasteiger partial charge on any atom is -0.481 e. The highest BCUT2D eigenvalue weighted by Crippen LogP contribution is 2.23. The zero-order valence-electron chi connectivity index (χ0n) is 9.01. The van der Waals surface area contributed by atoms with Crippen LogP contribution < -0.4 is 0 Å². The molecule has 84 valence electrons. The Balaban J connectivity index is 2.71. The lowest BCUT2D eigenvalue weighted by Gasteiger charge is -2.16. The number of carboxylic acids is 1. The second kappa shape index (κ2) is 5.80. The van der Waals surface area contributed by atoms with Crippen molar-refractivity contribution < 1.29 is 9.90 Å². The highest BCUT2D eigenvalue weighted by Gasteiger charge is 2.12. The van der Waals surface area contributed by atoms with E-state index in [1.165, 1.54) is 11.8 Å². The van der Waals surface area contributed by atoms with Crippen LogP contribution in [0.25, 0.3) is 0 Å². The molecule has 1 aromatic rings. The molecule has 0 aliphatic carbocycles. The number of hydrogen-bond acceptors (Lipinski definition) is 3. The molecule has 0 aromatic carbocycles. The predicted octanol–water partition coefficient (Wildman–Crippen LogP) is 2.42. The summed E-state index contributed by atoms with van der Waals surface area (Å²) in [7, 11) is 0. The highest BCUT2D eigenvalue weighted by atomic mass is 32.2. The summed E-state index contributed by atoms with van der Waals surface area (Å²) in [6.07, 6.45) is 5.71. The van der Waals surface area contributed by atoms with Crippen LogP contribution in [0.5, 0.6) is 0 Å². The molecule has 0 spiro atoms. The standard InChI is InChI=1S/C10H16N2O2S/c1-3-8(4-2)12-6-5-11-10(12)15-7-9(13)14/h5-6,8H,3-4,7H2,1-2H3,(H,13,14). The maximum Gasteiger partial charge on any atom is 0.313 e. The second-order valence-electron chi connectivity index (χ2n) is 3.27. The van der Waals surface area contributed by atoms with Gasteiger partial charge in [0.1, 0.15) is 0 Å². The van der Waals surface area contributed by atoms with E-state index in [0.717, 1.165) is 18.0 Å². The molecule has 0 fully saturated rings. The van der Waals surface area contributed by atoms with E-state index in [2.05, 4.69) is 23.4 Å². The molecule has 1 heterocycles. The van der Waals surface area contributed by atoms with Crippen LogP contribution in [0.2, 0.25) is 0 Å². The van der Waals surface area contributed by atoms with Gasteiger partial charge in [-0.05, 0) is 12.8 Å². The van der Waals surface area contributed by atoms with Crippen molar-refractivity contribution in [1.29, 1.82) is 0 Å². The summed E-state index contributed by atoms with van der Waals surface area (Å²) in [6.45, 7) is 4.25. The molecule has 1 N–H and O–H groups in total. The number of imidazole rings is 1. The Morgan fingerprint density at radius 2 is 2.27 bits per heavy atom. The van der Waals surface area contributed by atoms with Gasteiger partial charge in [-0.25, -0.2) is 4.98 Å². The molecule has 0 aliphatic heterocycles. The van der Waals surface area contributed by atoms with Gasteiger partial charge < -0.3 is 9.67 Å². The minimum atomic E-state index is -0.806. The van der Waals surface area contributed by atoms with Gasteiger partial charge in [-0.3, -0.25) is 4.79 Å². The molecule has 1 rings (SSSR count). The number of carboxylic acid groups (broad SMARTS) is 1. The average Bonchev–Trinajstić information content (AvgIpc) is 2.65. The molecule has 5 heteroatoms. The zero-order valence-corrected chi connectivity index (χ0v) is 9.83. The van der Waals surface area contributed by atoms with Gasteiger partial charge in [-0.1, -0.05) is 25.6 Å². The topological polar surface area (TPSA) is 55.1 Å². The van der Waals surface area contributed by atoms with Crippen LogP contribution in [0, 0.1) is 0 Å². The SMILES string of the molecule is CCC(CC)n1ccnc1SCC(=O)O. The quantitative estimate of drug-likeness (QED) is 0.760. The van der Waals surface area contributed by atoms with Gasteiger partial charge in [-0.15, -0.1) is 0 Å². The van der Waals surface area contributed by atoms with Gasteiger partial charge in [-0.2, -0.15) is 0 Å². The van der Waals surface area contributed by atoms with E-state index in [-0.39, 0.29) is 5.75 Å². The second-order valence-corrected chi connectivity index (χ2v) is 4.21. The Kier molecular flexibility index (Phi) is 4.68. The molecular formula is C10H16N2O2S. The summed E-state index contributed by atoms with van der Waals surface area (Å²) < 4.78 is 2.06. The number of carbonyl (C=O) groups is 1. The fraction of sp³-hybridized carbons (Fsp3) is 0.600. The summed E-state index contributed by atoms with van der Waals surface area (Å²) in [4.78, 5) is 14.6. The van der Waals surface area contributed by atoms with Gasteiger partial charge in [0.2, 0.25) is 0 Å². The number of nitrogens with zero attached hydrogens (tertiary/aromatic N) is 2. The lowest BCUT2D eigenvalue weighted by Crippen LogP contribution is -2.08. The maximum atomic E-state index is 10.5. The largest absolute Gasteiger partial charge is 0.481 e. The van der Waals surface area contributed by atoms with Crippen molar-refractivity contribution in [2.75, 3.05) is 5.75 Å². The molecule has 1 aromatic heterocycles. The first-order chi connectivity index (χ1) is 7.19. The molecule has 0 radical (unpaired) electrons. The van der Waals surface area contributed by atoms with Crippen molar-refractivity contribution in [2.45, 2.75) is 37.9 Å². The van der Waals surface area contributed by atoms with E-state index < -0.39 is 5.97 Å². The summed E-state index contributed by atoms with van der Waals surface area (Å²) in [5.74, 6) is -0.740. The predicted molar refractivity (Wildman–Crippen MR) is 60.2 cm³/mol. The van der Waals surface area contributed by atoms with Crippen LogP contribution in [0.4, 0.5) is 0 Å². The first-order valence-corrected chi connectivity index (χ1v) is 6.05. The molecule has 0 saturated carbocycles. The summed E-state index contributed by atoms with van der Waals surface area (Å²) in [5, 5.41) is 9.40. The van der Waals surface area contributed by atoms with Crippen LogP contribution in [0.15, 0.2) is 17.6 Å². The molecule has 0 saturated heterocycles. The van der Waals surface area contributed by atoms with Crippen molar-refractivity contribution in [3.8, 4) is 0 Å². The molecule has 0 amide bonds. The van der Waals surface area contributed by atoms with E-state index in [4.69, 9.17) is 5.11 Å². The molecule has 0 unspecified atom stereocenters. The Hall–Kier alpha value is -0.970. The summed E-state index contributed by atoms with van der Waals surface area (Å²) in [5.41, 5.74) is 0. The van der Waals surface area contributed by atoms with Crippen LogP contribution in [0.1, 0.15) is 32.7 Å². The van der Waals surface area contributed by atoms with E-state index in [1.54, 1.807) is 6.20 Å². The number of thioether (sulfide) groups is 1. The Morgan fingerprint density at radius 3 is 2.80 bits per heavy atom. The third-order valence-corrected chi connectivity index (χ3v) is 3.26. The number of rotatable bonds is 6. The smallest absolute Gasteiger partial charge is 0.313 e. The molecule has 15 heavy (non-hydrogen) atoms. The molecule has 4 nitrogen and oxygen atoms in total. The van der Waals surface area contributed by atoms with Crippen molar-refractivity contribution >= 4 is 17.7 Å². The lowest BCUT2D eigenvalue weighted by molar-refractivity contribution is -0.133. The van der Waals surface area contributed by atoms with Crippen LogP contribution in [-0.2, 0) is 4.79 Å². The Labute approximate surface area is 93.7 Å². The fourth-order valence-corrected chi connectivity index (χ4v) is 2.24. The molecular weight excluding hydrogens is 212 g/mol. The third kappa shape index (κ3) is 3.27. The van der Waals surface area contributed by atoms with Crippen LogP contribution in [-0.4, -0.2) is 26.4 Å². The summed E-state index contributed by atoms with van der Waals surface area (Å²) in [6, 6.07) is 0.420. The van der Waals surface area contributed by atoms with Gasteiger partial charge in [0.15, 0.2) is 5.16 Å². The first-order valence-electron chi connectivity index (χ1n) is 5.06. The summed E-state index contributed by atoms with van der Waals surface area (Å²) >= 11 is 1.27. The number of aromatic nitrogens is 2.